The minimum absolute atomic E-state index is 0.101. The summed E-state index contributed by atoms with van der Waals surface area (Å²) in [6.45, 7) is 5.95. The highest BCUT2D eigenvalue weighted by Crippen LogP contribution is 2.12. The lowest BCUT2D eigenvalue weighted by Crippen LogP contribution is -2.13. The Kier molecular flexibility index (Phi) is 21.8. The van der Waals surface area contributed by atoms with Crippen LogP contribution in [0.3, 0.4) is 0 Å². The second-order valence-corrected chi connectivity index (χ2v) is 8.51. The molecule has 0 aromatic carbocycles. The number of unbranched alkanes of at least 4 members (excludes halogenated alkanes) is 11. The number of hydrogen-bond donors (Lipinski definition) is 0. The monoisotopic (exact) mass is 428 g/mol. The first kappa shape index (κ1) is 28.9. The molecule has 0 aromatic rings. The van der Waals surface area contributed by atoms with Crippen LogP contribution in [0.25, 0.3) is 0 Å². The van der Waals surface area contributed by atoms with E-state index in [0.29, 0.717) is 19.1 Å². The number of methoxy groups -OCH3 is 1. The van der Waals surface area contributed by atoms with Crippen LogP contribution in [-0.2, 0) is 23.8 Å². The Morgan fingerprint density at radius 3 is 1.57 bits per heavy atom. The zero-order chi connectivity index (χ0) is 22.3. The molecule has 30 heavy (non-hydrogen) atoms. The van der Waals surface area contributed by atoms with E-state index in [9.17, 15) is 9.59 Å². The normalized spacial score (nSPS) is 12.0. The van der Waals surface area contributed by atoms with E-state index in [0.717, 1.165) is 32.3 Å². The predicted octanol–water partition coefficient (Wildman–Crippen LogP) is 6.62. The summed E-state index contributed by atoms with van der Waals surface area (Å²) in [5.41, 5.74) is 0. The summed E-state index contributed by atoms with van der Waals surface area (Å²) in [6, 6.07) is 0. The van der Waals surface area contributed by atoms with E-state index >= 15 is 0 Å². The fourth-order valence-electron chi connectivity index (χ4n) is 3.31. The van der Waals surface area contributed by atoms with Crippen molar-refractivity contribution in [2.24, 2.45) is 5.92 Å². The molecule has 0 heterocycles. The van der Waals surface area contributed by atoms with Gasteiger partial charge in [-0.1, -0.05) is 84.5 Å². The fourth-order valence-corrected chi connectivity index (χ4v) is 3.31. The van der Waals surface area contributed by atoms with Gasteiger partial charge in [-0.25, -0.2) is 0 Å². The molecule has 178 valence electrons. The lowest BCUT2D eigenvalue weighted by Gasteiger charge is -2.11. The number of rotatable bonds is 22. The van der Waals surface area contributed by atoms with E-state index in [1.54, 1.807) is 7.11 Å². The van der Waals surface area contributed by atoms with Crippen molar-refractivity contribution in [3.63, 3.8) is 0 Å². The van der Waals surface area contributed by atoms with Crippen molar-refractivity contribution in [2.45, 2.75) is 117 Å². The van der Waals surface area contributed by atoms with Crippen molar-refractivity contribution >= 4 is 11.9 Å². The molecular formula is C25H48O5. The molecule has 1 atom stereocenters. The second kappa shape index (κ2) is 22.6. The van der Waals surface area contributed by atoms with E-state index < -0.39 is 0 Å². The van der Waals surface area contributed by atoms with Crippen LogP contribution in [0.1, 0.15) is 117 Å². The SMILES string of the molecule is CCCCCCCCCCCCCCOC(=O)CCC(=O)OCCC(C)CCOC. The Morgan fingerprint density at radius 1 is 0.633 bits per heavy atom. The van der Waals surface area contributed by atoms with Gasteiger partial charge in [-0.2, -0.15) is 0 Å². The zero-order valence-electron chi connectivity index (χ0n) is 20.1. The van der Waals surface area contributed by atoms with Gasteiger partial charge in [-0.3, -0.25) is 9.59 Å². The fraction of sp³-hybridized carbons (Fsp3) is 0.920. The molecule has 0 bridgehead atoms. The van der Waals surface area contributed by atoms with Crippen LogP contribution >= 0.6 is 0 Å². The molecular weight excluding hydrogens is 380 g/mol. The summed E-state index contributed by atoms with van der Waals surface area (Å²) in [6.07, 6.45) is 17.4. The number of carbonyl (C=O) groups excluding carboxylic acids is 2. The van der Waals surface area contributed by atoms with Gasteiger partial charge in [0.05, 0.1) is 26.1 Å². The molecule has 0 spiro atoms. The smallest absolute Gasteiger partial charge is 0.306 e. The molecule has 0 amide bonds. The molecule has 5 nitrogen and oxygen atoms in total. The molecule has 0 rings (SSSR count). The summed E-state index contributed by atoms with van der Waals surface area (Å²) in [7, 11) is 1.68. The lowest BCUT2D eigenvalue weighted by molar-refractivity contribution is -0.150. The molecule has 0 fully saturated rings. The van der Waals surface area contributed by atoms with E-state index in [1.807, 2.05) is 0 Å². The molecule has 0 radical (unpaired) electrons. The Bertz CT molecular complexity index is 397. The molecule has 0 aromatic heterocycles. The van der Waals surface area contributed by atoms with Crippen LogP contribution in [0, 0.1) is 5.92 Å². The highest BCUT2D eigenvalue weighted by Gasteiger charge is 2.10. The highest BCUT2D eigenvalue weighted by molar-refractivity contribution is 5.77. The molecule has 0 N–H and O–H groups in total. The van der Waals surface area contributed by atoms with Gasteiger partial charge >= 0.3 is 11.9 Å². The lowest BCUT2D eigenvalue weighted by atomic mass is 10.1. The topological polar surface area (TPSA) is 61.8 Å². The highest BCUT2D eigenvalue weighted by atomic mass is 16.5. The van der Waals surface area contributed by atoms with Gasteiger partial charge in [-0.05, 0) is 25.2 Å². The third-order valence-electron chi connectivity index (χ3n) is 5.48. The van der Waals surface area contributed by atoms with Gasteiger partial charge in [0.2, 0.25) is 0 Å². The average molecular weight is 429 g/mol. The van der Waals surface area contributed by atoms with Crippen molar-refractivity contribution in [1.29, 1.82) is 0 Å². The van der Waals surface area contributed by atoms with Crippen LogP contribution in [0.5, 0.6) is 0 Å². The third-order valence-corrected chi connectivity index (χ3v) is 5.48. The largest absolute Gasteiger partial charge is 0.466 e. The standard InChI is InChI=1S/C25H48O5/c1-4-5-6-7-8-9-10-11-12-13-14-15-20-29-24(26)16-17-25(27)30-22-19-23(2)18-21-28-3/h23H,4-22H2,1-3H3. The van der Waals surface area contributed by atoms with Crippen LogP contribution in [0.4, 0.5) is 0 Å². The quantitative estimate of drug-likeness (QED) is 0.143. The maximum Gasteiger partial charge on any atom is 0.306 e. The van der Waals surface area contributed by atoms with Crippen LogP contribution in [0.2, 0.25) is 0 Å². The molecule has 0 aliphatic heterocycles. The first-order chi connectivity index (χ1) is 14.6. The van der Waals surface area contributed by atoms with E-state index in [4.69, 9.17) is 14.2 Å². The number of esters is 2. The van der Waals surface area contributed by atoms with Crippen LogP contribution in [0.15, 0.2) is 0 Å². The van der Waals surface area contributed by atoms with Crippen LogP contribution in [-0.4, -0.2) is 38.9 Å². The Labute approximate surface area is 185 Å². The van der Waals surface area contributed by atoms with Crippen molar-refractivity contribution < 1.29 is 23.8 Å². The third kappa shape index (κ3) is 21.6. The van der Waals surface area contributed by atoms with Crippen molar-refractivity contribution in [1.82, 2.24) is 0 Å². The zero-order valence-corrected chi connectivity index (χ0v) is 20.1. The predicted molar refractivity (Wildman–Crippen MR) is 123 cm³/mol. The Balaban J connectivity index is 3.36. The van der Waals surface area contributed by atoms with Crippen molar-refractivity contribution in [2.75, 3.05) is 26.9 Å². The van der Waals surface area contributed by atoms with Gasteiger partial charge in [0.15, 0.2) is 0 Å². The summed E-state index contributed by atoms with van der Waals surface area (Å²) in [5, 5.41) is 0. The molecule has 1 unspecified atom stereocenters. The molecule has 0 aliphatic carbocycles. The van der Waals surface area contributed by atoms with Gasteiger partial charge in [0.1, 0.15) is 0 Å². The first-order valence-electron chi connectivity index (χ1n) is 12.4. The van der Waals surface area contributed by atoms with E-state index in [1.165, 1.54) is 64.2 Å². The number of ether oxygens (including phenoxy) is 3. The Morgan fingerprint density at radius 2 is 1.07 bits per heavy atom. The summed E-state index contributed by atoms with van der Waals surface area (Å²) < 4.78 is 15.4. The first-order valence-corrected chi connectivity index (χ1v) is 12.4. The minimum Gasteiger partial charge on any atom is -0.466 e. The van der Waals surface area contributed by atoms with Crippen molar-refractivity contribution in [3.8, 4) is 0 Å². The van der Waals surface area contributed by atoms with Gasteiger partial charge in [-0.15, -0.1) is 0 Å². The number of carbonyl (C=O) groups is 2. The minimum atomic E-state index is -0.323. The summed E-state index contributed by atoms with van der Waals surface area (Å²) in [4.78, 5) is 23.4. The number of hydrogen-bond acceptors (Lipinski definition) is 5. The molecule has 0 saturated heterocycles. The maximum absolute atomic E-state index is 11.7. The summed E-state index contributed by atoms with van der Waals surface area (Å²) in [5.74, 6) is -0.169. The molecule has 5 heteroatoms. The molecule has 0 aliphatic rings. The summed E-state index contributed by atoms with van der Waals surface area (Å²) >= 11 is 0. The maximum atomic E-state index is 11.7. The van der Waals surface area contributed by atoms with E-state index in [2.05, 4.69) is 13.8 Å². The average Bonchev–Trinajstić information content (AvgIpc) is 2.74. The Hall–Kier alpha value is -1.10. The molecule has 0 saturated carbocycles. The van der Waals surface area contributed by atoms with Crippen molar-refractivity contribution in [3.05, 3.63) is 0 Å². The van der Waals surface area contributed by atoms with E-state index in [-0.39, 0.29) is 24.8 Å². The van der Waals surface area contributed by atoms with Gasteiger partial charge in [0.25, 0.3) is 0 Å². The van der Waals surface area contributed by atoms with Gasteiger partial charge in [0, 0.05) is 13.7 Å². The van der Waals surface area contributed by atoms with Gasteiger partial charge < -0.3 is 14.2 Å². The van der Waals surface area contributed by atoms with Crippen LogP contribution < -0.4 is 0 Å². The second-order valence-electron chi connectivity index (χ2n) is 8.51.